The van der Waals surface area contributed by atoms with E-state index in [0.29, 0.717) is 23.6 Å². The zero-order valence-corrected chi connectivity index (χ0v) is 12.8. The lowest BCUT2D eigenvalue weighted by molar-refractivity contribution is 0.253. The van der Waals surface area contributed by atoms with Crippen molar-refractivity contribution in [3.05, 3.63) is 18.2 Å². The Kier molecular flexibility index (Phi) is 4.25. The first-order valence-electron chi connectivity index (χ1n) is 6.98. The van der Waals surface area contributed by atoms with Gasteiger partial charge in [-0.1, -0.05) is 26.7 Å². The van der Waals surface area contributed by atoms with E-state index in [2.05, 4.69) is 19.2 Å². The van der Waals surface area contributed by atoms with Gasteiger partial charge in [0.15, 0.2) is 0 Å². The van der Waals surface area contributed by atoms with Gasteiger partial charge in [-0.15, -0.1) is 0 Å². The van der Waals surface area contributed by atoms with Crippen molar-refractivity contribution in [3.63, 3.8) is 0 Å². The summed E-state index contributed by atoms with van der Waals surface area (Å²) < 4.78 is 22.6. The lowest BCUT2D eigenvalue weighted by Crippen LogP contribution is -2.35. The van der Waals surface area contributed by atoms with Crippen molar-refractivity contribution in [3.8, 4) is 0 Å². The third kappa shape index (κ3) is 3.24. The van der Waals surface area contributed by atoms with Crippen molar-refractivity contribution < 1.29 is 8.42 Å². The predicted molar refractivity (Wildman–Crippen MR) is 81.8 cm³/mol. The smallest absolute Gasteiger partial charge is 0.238 e. The van der Waals surface area contributed by atoms with E-state index >= 15 is 0 Å². The van der Waals surface area contributed by atoms with E-state index < -0.39 is 10.0 Å². The van der Waals surface area contributed by atoms with Gasteiger partial charge in [0, 0.05) is 6.04 Å². The van der Waals surface area contributed by atoms with Gasteiger partial charge in [0.05, 0.1) is 16.3 Å². The Bertz CT molecular complexity index is 586. The van der Waals surface area contributed by atoms with Gasteiger partial charge in [-0.2, -0.15) is 0 Å². The Hall–Kier alpha value is -1.27. The fourth-order valence-corrected chi connectivity index (χ4v) is 3.38. The number of benzene rings is 1. The minimum Gasteiger partial charge on any atom is -0.397 e. The lowest BCUT2D eigenvalue weighted by Gasteiger charge is -2.35. The van der Waals surface area contributed by atoms with Gasteiger partial charge < -0.3 is 11.1 Å². The van der Waals surface area contributed by atoms with Crippen LogP contribution in [0.2, 0.25) is 0 Å². The maximum Gasteiger partial charge on any atom is 0.238 e. The standard InChI is InChI=1S/C14H23N3O2S/c1-9-4-3-5-13(10(9)2)17-14-7-6-11(8-12(14)15)20(16,18)19/h6-10,13,17H,3-5,15H2,1-2H3,(H2,16,18,19). The molecule has 3 unspecified atom stereocenters. The summed E-state index contributed by atoms with van der Waals surface area (Å²) in [6.45, 7) is 4.52. The number of hydrogen-bond donors (Lipinski definition) is 3. The minimum atomic E-state index is -3.70. The van der Waals surface area contributed by atoms with Crippen molar-refractivity contribution in [1.29, 1.82) is 0 Å². The topological polar surface area (TPSA) is 98.2 Å². The van der Waals surface area contributed by atoms with E-state index in [1.165, 1.54) is 25.0 Å². The maximum atomic E-state index is 11.3. The highest BCUT2D eigenvalue weighted by Gasteiger charge is 2.27. The van der Waals surface area contributed by atoms with Gasteiger partial charge in [-0.05, 0) is 36.5 Å². The third-order valence-corrected chi connectivity index (χ3v) is 5.31. The second-order valence-electron chi connectivity index (χ2n) is 5.81. The molecule has 0 amide bonds. The molecule has 5 N–H and O–H groups in total. The van der Waals surface area contributed by atoms with Gasteiger partial charge in [0.1, 0.15) is 0 Å². The van der Waals surface area contributed by atoms with E-state index in [1.54, 1.807) is 6.07 Å². The van der Waals surface area contributed by atoms with Crippen LogP contribution in [0.15, 0.2) is 23.1 Å². The Morgan fingerprint density at radius 3 is 2.55 bits per heavy atom. The van der Waals surface area contributed by atoms with E-state index in [0.717, 1.165) is 12.1 Å². The molecule has 0 spiro atoms. The molecule has 1 saturated carbocycles. The highest BCUT2D eigenvalue weighted by Crippen LogP contribution is 2.33. The summed E-state index contributed by atoms with van der Waals surface area (Å²) in [5.74, 6) is 1.26. The third-order valence-electron chi connectivity index (χ3n) is 4.40. The van der Waals surface area contributed by atoms with Crippen LogP contribution >= 0.6 is 0 Å². The molecule has 3 atom stereocenters. The number of primary sulfonamides is 1. The first-order valence-corrected chi connectivity index (χ1v) is 8.52. The van der Waals surface area contributed by atoms with E-state index in [-0.39, 0.29) is 4.90 Å². The molecule has 1 fully saturated rings. The van der Waals surface area contributed by atoms with Gasteiger partial charge in [0.2, 0.25) is 10.0 Å². The van der Waals surface area contributed by atoms with Crippen LogP contribution in [0.4, 0.5) is 11.4 Å². The zero-order valence-electron chi connectivity index (χ0n) is 12.0. The largest absolute Gasteiger partial charge is 0.397 e. The molecule has 0 aromatic heterocycles. The van der Waals surface area contributed by atoms with Gasteiger partial charge >= 0.3 is 0 Å². The van der Waals surface area contributed by atoms with Crippen molar-refractivity contribution in [2.45, 2.75) is 44.0 Å². The summed E-state index contributed by atoms with van der Waals surface area (Å²) in [6.07, 6.45) is 3.58. The minimum absolute atomic E-state index is 0.0469. The SMILES string of the molecule is CC1CCCC(Nc2ccc(S(N)(=O)=O)cc2N)C1C. The molecule has 1 aliphatic rings. The molecule has 0 aliphatic heterocycles. The van der Waals surface area contributed by atoms with Crippen molar-refractivity contribution in [1.82, 2.24) is 0 Å². The molecule has 2 rings (SSSR count). The first kappa shape index (κ1) is 15.1. The van der Waals surface area contributed by atoms with Crippen molar-refractivity contribution in [2.24, 2.45) is 17.0 Å². The van der Waals surface area contributed by atoms with Crippen LogP contribution in [-0.2, 0) is 10.0 Å². The molecule has 0 bridgehead atoms. The Morgan fingerprint density at radius 1 is 1.25 bits per heavy atom. The van der Waals surface area contributed by atoms with Crippen molar-refractivity contribution >= 4 is 21.4 Å². The van der Waals surface area contributed by atoms with Crippen LogP contribution in [0.1, 0.15) is 33.1 Å². The molecular formula is C14H23N3O2S. The quantitative estimate of drug-likeness (QED) is 0.744. The molecule has 6 heteroatoms. The molecule has 1 aromatic rings. The van der Waals surface area contributed by atoms with Crippen LogP contribution in [0.5, 0.6) is 0 Å². The Labute approximate surface area is 120 Å². The van der Waals surface area contributed by atoms with Crippen LogP contribution in [0.3, 0.4) is 0 Å². The number of nitrogen functional groups attached to an aromatic ring is 1. The van der Waals surface area contributed by atoms with Crippen LogP contribution in [0.25, 0.3) is 0 Å². The normalized spacial score (nSPS) is 27.2. The number of anilines is 2. The summed E-state index contributed by atoms with van der Waals surface area (Å²) in [5, 5.41) is 8.54. The maximum absolute atomic E-state index is 11.3. The molecule has 1 aromatic carbocycles. The van der Waals surface area contributed by atoms with E-state index in [9.17, 15) is 8.42 Å². The van der Waals surface area contributed by atoms with E-state index in [4.69, 9.17) is 10.9 Å². The fourth-order valence-electron chi connectivity index (χ4n) is 2.83. The molecule has 1 aliphatic carbocycles. The fraction of sp³-hybridized carbons (Fsp3) is 0.571. The molecule has 0 heterocycles. The van der Waals surface area contributed by atoms with Crippen LogP contribution < -0.4 is 16.2 Å². The zero-order chi connectivity index (χ0) is 14.9. The summed E-state index contributed by atoms with van der Waals surface area (Å²) in [5.41, 5.74) is 7.13. The number of nitrogens with one attached hydrogen (secondary N) is 1. The average Bonchev–Trinajstić information content (AvgIpc) is 2.36. The number of rotatable bonds is 3. The summed E-state index contributed by atoms with van der Waals surface area (Å²) in [6, 6.07) is 4.97. The second kappa shape index (κ2) is 5.61. The molecule has 112 valence electrons. The molecular weight excluding hydrogens is 274 g/mol. The predicted octanol–water partition coefficient (Wildman–Crippen LogP) is 2.15. The molecule has 0 saturated heterocycles. The number of nitrogens with two attached hydrogens (primary N) is 2. The summed E-state index contributed by atoms with van der Waals surface area (Å²) >= 11 is 0. The van der Waals surface area contributed by atoms with Crippen LogP contribution in [-0.4, -0.2) is 14.5 Å². The van der Waals surface area contributed by atoms with Gasteiger partial charge in [-0.3, -0.25) is 0 Å². The highest BCUT2D eigenvalue weighted by atomic mass is 32.2. The summed E-state index contributed by atoms with van der Waals surface area (Å²) in [7, 11) is -3.70. The second-order valence-corrected chi connectivity index (χ2v) is 7.37. The first-order chi connectivity index (χ1) is 9.29. The van der Waals surface area contributed by atoms with E-state index in [1.807, 2.05) is 0 Å². The average molecular weight is 297 g/mol. The summed E-state index contributed by atoms with van der Waals surface area (Å²) in [4.78, 5) is 0.0469. The molecule has 0 radical (unpaired) electrons. The lowest BCUT2D eigenvalue weighted by atomic mass is 9.78. The van der Waals surface area contributed by atoms with Gasteiger partial charge in [-0.25, -0.2) is 13.6 Å². The number of sulfonamides is 1. The van der Waals surface area contributed by atoms with Crippen molar-refractivity contribution in [2.75, 3.05) is 11.1 Å². The Morgan fingerprint density at radius 2 is 1.95 bits per heavy atom. The highest BCUT2D eigenvalue weighted by molar-refractivity contribution is 7.89. The van der Waals surface area contributed by atoms with Crippen LogP contribution in [0, 0.1) is 11.8 Å². The molecule has 5 nitrogen and oxygen atoms in total. The molecule has 20 heavy (non-hydrogen) atoms. The van der Waals surface area contributed by atoms with Gasteiger partial charge in [0.25, 0.3) is 0 Å². The number of hydrogen-bond acceptors (Lipinski definition) is 4. The monoisotopic (exact) mass is 297 g/mol. The Balaban J connectivity index is 2.18.